The van der Waals surface area contributed by atoms with E-state index >= 15 is 0 Å². The van der Waals surface area contributed by atoms with Gasteiger partial charge in [0.2, 0.25) is 17.7 Å². The second-order valence-corrected chi connectivity index (χ2v) is 12.6. The highest BCUT2D eigenvalue weighted by atomic mass is 79.9. The first-order valence-corrected chi connectivity index (χ1v) is 15.3. The van der Waals surface area contributed by atoms with Crippen LogP contribution in [0, 0.1) is 11.8 Å². The Labute approximate surface area is 255 Å². The molecule has 42 heavy (non-hydrogen) atoms. The minimum absolute atomic E-state index is 0.215. The molecule has 3 amide bonds. The highest BCUT2D eigenvalue weighted by Crippen LogP contribution is 2.60. The molecule has 3 unspecified atom stereocenters. The van der Waals surface area contributed by atoms with E-state index in [9.17, 15) is 19.5 Å². The van der Waals surface area contributed by atoms with Crippen molar-refractivity contribution < 1.29 is 24.2 Å². The van der Waals surface area contributed by atoms with Crippen LogP contribution in [0.15, 0.2) is 86.0 Å². The highest BCUT2D eigenvalue weighted by molar-refractivity contribution is 9.09. The number of carbonyl (C=O) groups excluding carboxylic acids is 3. The van der Waals surface area contributed by atoms with E-state index in [4.69, 9.17) is 4.74 Å². The number of alkyl halides is 1. The molecular weight excluding hydrogens is 598 g/mol. The number of halogens is 1. The van der Waals surface area contributed by atoms with Gasteiger partial charge in [-0.25, -0.2) is 0 Å². The summed E-state index contributed by atoms with van der Waals surface area (Å²) in [5, 5.41) is 10.7. The number of benzene rings is 2. The van der Waals surface area contributed by atoms with Crippen LogP contribution in [-0.2, 0) is 32.1 Å². The van der Waals surface area contributed by atoms with Crippen molar-refractivity contribution in [2.24, 2.45) is 11.8 Å². The number of hydrogen-bond acceptors (Lipinski definition) is 5. The number of likely N-dealkylation sites (tertiary alicyclic amines) is 1. The number of carbonyl (C=O) groups is 3. The molecule has 3 fully saturated rings. The van der Waals surface area contributed by atoms with Crippen LogP contribution in [-0.4, -0.2) is 92.9 Å². The lowest BCUT2D eigenvalue weighted by Crippen LogP contribution is -2.59. The van der Waals surface area contributed by atoms with Crippen LogP contribution in [0.3, 0.4) is 0 Å². The number of aliphatic hydroxyl groups excluding tert-OH is 1. The second kappa shape index (κ2) is 12.5. The van der Waals surface area contributed by atoms with Crippen molar-refractivity contribution in [2.75, 3.05) is 26.7 Å². The summed E-state index contributed by atoms with van der Waals surface area (Å²) in [5.74, 6) is -2.44. The second-order valence-electron chi connectivity index (χ2n) is 11.4. The summed E-state index contributed by atoms with van der Waals surface area (Å²) in [6.45, 7) is 8.19. The van der Waals surface area contributed by atoms with Gasteiger partial charge in [0.25, 0.3) is 0 Å². The fraction of sp³-hybridized carbons (Fsp3) is 0.424. The van der Waals surface area contributed by atoms with Gasteiger partial charge in [0.05, 0.1) is 30.6 Å². The lowest BCUT2D eigenvalue weighted by Gasteiger charge is -2.39. The number of nitrogens with zero attached hydrogens (tertiary/aromatic N) is 3. The van der Waals surface area contributed by atoms with Gasteiger partial charge in [-0.05, 0) is 24.0 Å². The number of rotatable bonds is 12. The van der Waals surface area contributed by atoms with Crippen LogP contribution >= 0.6 is 15.9 Å². The Balaban J connectivity index is 1.59. The number of fused-ring (bicyclic) bond motifs is 1. The van der Waals surface area contributed by atoms with Crippen LogP contribution in [0.4, 0.5) is 0 Å². The number of aliphatic hydroxyl groups is 1. The smallest absolute Gasteiger partial charge is 0.249 e. The first-order valence-electron chi connectivity index (χ1n) is 14.4. The molecule has 0 aromatic heterocycles. The van der Waals surface area contributed by atoms with Crippen molar-refractivity contribution in [3.63, 3.8) is 0 Å². The maximum atomic E-state index is 14.7. The van der Waals surface area contributed by atoms with E-state index < -0.39 is 35.6 Å². The Kier molecular flexibility index (Phi) is 9.01. The van der Waals surface area contributed by atoms with Gasteiger partial charge in [-0.1, -0.05) is 88.7 Å². The van der Waals surface area contributed by atoms with E-state index in [-0.39, 0.29) is 35.7 Å². The van der Waals surface area contributed by atoms with E-state index in [0.717, 1.165) is 11.1 Å². The van der Waals surface area contributed by atoms with Crippen LogP contribution < -0.4 is 0 Å². The van der Waals surface area contributed by atoms with E-state index in [0.29, 0.717) is 25.9 Å². The predicted octanol–water partition coefficient (Wildman–Crippen LogP) is 3.20. The zero-order valence-electron chi connectivity index (χ0n) is 23.8. The average Bonchev–Trinajstić information content (AvgIpc) is 3.59. The summed E-state index contributed by atoms with van der Waals surface area (Å²) in [7, 11) is 1.68. The van der Waals surface area contributed by atoms with E-state index in [2.05, 4.69) is 29.1 Å². The van der Waals surface area contributed by atoms with Gasteiger partial charge in [0, 0.05) is 31.5 Å². The summed E-state index contributed by atoms with van der Waals surface area (Å²) in [4.78, 5) is 47.6. The molecule has 1 spiro atoms. The van der Waals surface area contributed by atoms with Crippen molar-refractivity contribution in [2.45, 2.75) is 48.0 Å². The van der Waals surface area contributed by atoms with Crippen molar-refractivity contribution in [1.82, 2.24) is 14.7 Å². The number of likely N-dealkylation sites (N-methyl/N-ethyl adjacent to an activating group) is 1. The standard InChI is InChI=1S/C33H38BrN3O5/c1-4-16-35(3)30(39)26-27-31(40)37(24(21-38)18-22-12-8-6-9-13-22)29(33(27)19-25(34)28(26)42-33)32(41)36(17-5-2)20-23-14-10-7-11-15-23/h4-15,24-29,38H,1-2,16-21H2,3H3/t24-,25?,26-,27+,28-,29?,33?/m1/s1. The molecule has 9 heteroatoms. The quantitative estimate of drug-likeness (QED) is 0.286. The largest absolute Gasteiger partial charge is 0.394 e. The molecule has 7 atom stereocenters. The number of hydrogen-bond donors (Lipinski definition) is 1. The van der Waals surface area contributed by atoms with E-state index in [1.165, 1.54) is 4.90 Å². The fourth-order valence-electron chi connectivity index (χ4n) is 7.06. The van der Waals surface area contributed by atoms with Crippen molar-refractivity contribution in [1.29, 1.82) is 0 Å². The molecule has 0 aliphatic carbocycles. The van der Waals surface area contributed by atoms with Gasteiger partial charge in [0.1, 0.15) is 11.6 Å². The number of ether oxygens (including phenoxy) is 1. The Morgan fingerprint density at radius 1 is 1.07 bits per heavy atom. The zero-order chi connectivity index (χ0) is 30.0. The minimum Gasteiger partial charge on any atom is -0.394 e. The van der Waals surface area contributed by atoms with Crippen LogP contribution in [0.1, 0.15) is 17.5 Å². The summed E-state index contributed by atoms with van der Waals surface area (Å²) < 4.78 is 6.68. The maximum absolute atomic E-state index is 14.7. The Morgan fingerprint density at radius 2 is 1.69 bits per heavy atom. The third-order valence-electron chi connectivity index (χ3n) is 8.82. The molecule has 1 N–H and O–H groups in total. The third-order valence-corrected chi connectivity index (χ3v) is 9.67. The molecule has 5 rings (SSSR count). The van der Waals surface area contributed by atoms with E-state index in [1.54, 1.807) is 29.0 Å². The number of amides is 3. The minimum atomic E-state index is -1.22. The summed E-state index contributed by atoms with van der Waals surface area (Å²) in [5.41, 5.74) is 0.650. The molecule has 0 saturated carbocycles. The van der Waals surface area contributed by atoms with Crippen LogP contribution in [0.25, 0.3) is 0 Å². The Morgan fingerprint density at radius 3 is 2.29 bits per heavy atom. The van der Waals surface area contributed by atoms with Gasteiger partial charge >= 0.3 is 0 Å². The first-order chi connectivity index (χ1) is 20.3. The molecule has 8 nitrogen and oxygen atoms in total. The molecule has 2 aromatic carbocycles. The first kappa shape index (κ1) is 30.2. The zero-order valence-corrected chi connectivity index (χ0v) is 25.4. The van der Waals surface area contributed by atoms with Crippen molar-refractivity contribution >= 4 is 33.7 Å². The molecule has 0 radical (unpaired) electrons. The van der Waals surface area contributed by atoms with Crippen LogP contribution in [0.2, 0.25) is 0 Å². The summed E-state index contributed by atoms with van der Waals surface area (Å²) >= 11 is 3.73. The van der Waals surface area contributed by atoms with Gasteiger partial charge in [0.15, 0.2) is 0 Å². The molecule has 2 bridgehead atoms. The summed E-state index contributed by atoms with van der Waals surface area (Å²) in [6, 6.07) is 17.5. The molecule has 3 aliphatic heterocycles. The summed E-state index contributed by atoms with van der Waals surface area (Å²) in [6.07, 6.45) is 3.50. The van der Waals surface area contributed by atoms with Gasteiger partial charge in [-0.3, -0.25) is 14.4 Å². The monoisotopic (exact) mass is 635 g/mol. The van der Waals surface area contributed by atoms with Crippen molar-refractivity contribution in [3.8, 4) is 0 Å². The lowest BCUT2D eigenvalue weighted by molar-refractivity contribution is -0.152. The van der Waals surface area contributed by atoms with Gasteiger partial charge < -0.3 is 24.5 Å². The lowest BCUT2D eigenvalue weighted by atomic mass is 9.70. The third kappa shape index (κ3) is 5.23. The molecule has 3 aliphatic rings. The molecular formula is C33H38BrN3O5. The normalized spacial score (nSPS) is 28.3. The SMILES string of the molecule is C=CCN(C)C(=O)[C@H]1[C@@H]2OC3(CC2Br)C(C(=O)N(CC=C)Cc2ccccc2)N([C@@H](CO)Cc2ccccc2)C(=O)[C@H]13. The predicted molar refractivity (Wildman–Crippen MR) is 163 cm³/mol. The van der Waals surface area contributed by atoms with Crippen molar-refractivity contribution in [3.05, 3.63) is 97.1 Å². The van der Waals surface area contributed by atoms with E-state index in [1.807, 2.05) is 60.7 Å². The fourth-order valence-corrected chi connectivity index (χ4v) is 8.01. The average molecular weight is 637 g/mol. The Bertz CT molecular complexity index is 1320. The topological polar surface area (TPSA) is 90.4 Å². The maximum Gasteiger partial charge on any atom is 0.249 e. The van der Waals surface area contributed by atoms with Gasteiger partial charge in [-0.2, -0.15) is 0 Å². The molecule has 3 heterocycles. The highest BCUT2D eigenvalue weighted by Gasteiger charge is 2.77. The molecule has 2 aromatic rings. The molecule has 3 saturated heterocycles. The molecule has 222 valence electrons. The Hall–Kier alpha value is -3.27. The van der Waals surface area contributed by atoms with Crippen LogP contribution in [0.5, 0.6) is 0 Å². The van der Waals surface area contributed by atoms with Gasteiger partial charge in [-0.15, -0.1) is 13.2 Å².